The van der Waals surface area contributed by atoms with Crippen LogP contribution < -0.4 is 5.56 Å². The molecular weight excluding hydrogens is 400 g/mol. The number of benzene rings is 3. The van der Waals surface area contributed by atoms with E-state index in [1.807, 2.05) is 78.9 Å². The molecule has 0 atom stereocenters. The minimum atomic E-state index is -0.221. The first-order valence-corrected chi connectivity index (χ1v) is 10.2. The van der Waals surface area contributed by atoms with E-state index in [1.54, 1.807) is 35.5 Å². The summed E-state index contributed by atoms with van der Waals surface area (Å²) < 4.78 is 3.31. The van der Waals surface area contributed by atoms with E-state index in [2.05, 4.69) is 10.2 Å². The van der Waals surface area contributed by atoms with Crippen LogP contribution in [0.25, 0.3) is 5.69 Å². The van der Waals surface area contributed by atoms with Crippen molar-refractivity contribution in [3.05, 3.63) is 124 Å². The van der Waals surface area contributed by atoms with Gasteiger partial charge >= 0.3 is 0 Å². The minimum Gasteiger partial charge on any atom is -0.287 e. The standard InChI is InChI=1S/C26H22N4O2/c1-19-23(29(2)30(26(19)32)22-16-10-5-11-17-22)18-27-28-24(20-12-6-3-7-13-20)25(31)21-14-8-4-9-15-21/h3-18H,1-2H3/b27-18+,28-24+. The number of ketones is 1. The molecule has 0 spiro atoms. The Balaban J connectivity index is 1.75. The molecule has 32 heavy (non-hydrogen) atoms. The van der Waals surface area contributed by atoms with Gasteiger partial charge in [-0.05, 0) is 19.1 Å². The summed E-state index contributed by atoms with van der Waals surface area (Å²) in [6.07, 6.45) is 1.51. The molecule has 0 aliphatic rings. The SMILES string of the molecule is Cc1c(/C=N/N=C(/C(=O)c2ccccc2)c2ccccc2)n(C)n(-c2ccccc2)c1=O. The lowest BCUT2D eigenvalue weighted by atomic mass is 10.0. The van der Waals surface area contributed by atoms with Crippen molar-refractivity contribution in [2.75, 3.05) is 0 Å². The largest absolute Gasteiger partial charge is 0.287 e. The molecule has 0 fully saturated rings. The highest BCUT2D eigenvalue weighted by Gasteiger charge is 2.17. The van der Waals surface area contributed by atoms with E-state index in [4.69, 9.17) is 0 Å². The quantitative estimate of drug-likeness (QED) is 0.266. The molecule has 4 aromatic rings. The van der Waals surface area contributed by atoms with Crippen molar-refractivity contribution >= 4 is 17.7 Å². The zero-order valence-corrected chi connectivity index (χ0v) is 17.8. The molecule has 0 bridgehead atoms. The number of hydrogen-bond donors (Lipinski definition) is 0. The smallest absolute Gasteiger partial charge is 0.274 e. The van der Waals surface area contributed by atoms with Gasteiger partial charge in [0.25, 0.3) is 5.56 Å². The lowest BCUT2D eigenvalue weighted by Crippen LogP contribution is -2.20. The molecule has 0 saturated carbocycles. The highest BCUT2D eigenvalue weighted by atomic mass is 16.1. The normalized spacial score (nSPS) is 11.8. The Bertz CT molecular complexity index is 1350. The van der Waals surface area contributed by atoms with E-state index >= 15 is 0 Å². The zero-order valence-electron chi connectivity index (χ0n) is 17.8. The van der Waals surface area contributed by atoms with E-state index < -0.39 is 0 Å². The Hall–Kier alpha value is -4.32. The minimum absolute atomic E-state index is 0.132. The Labute approximate surface area is 185 Å². The highest BCUT2D eigenvalue weighted by Crippen LogP contribution is 2.11. The molecule has 0 radical (unpaired) electrons. The monoisotopic (exact) mass is 422 g/mol. The van der Waals surface area contributed by atoms with E-state index in [-0.39, 0.29) is 17.1 Å². The summed E-state index contributed by atoms with van der Waals surface area (Å²) in [6, 6.07) is 27.6. The fourth-order valence-electron chi connectivity index (χ4n) is 3.49. The molecule has 158 valence electrons. The lowest BCUT2D eigenvalue weighted by molar-refractivity contribution is 0.106. The van der Waals surface area contributed by atoms with Gasteiger partial charge in [-0.1, -0.05) is 78.9 Å². The number of carbonyl (C=O) groups excluding carboxylic acids is 1. The van der Waals surface area contributed by atoms with Gasteiger partial charge < -0.3 is 0 Å². The first-order valence-electron chi connectivity index (χ1n) is 10.2. The van der Waals surface area contributed by atoms with Gasteiger partial charge in [-0.3, -0.25) is 14.3 Å². The molecule has 6 nitrogen and oxygen atoms in total. The van der Waals surface area contributed by atoms with Crippen molar-refractivity contribution in [1.29, 1.82) is 0 Å². The van der Waals surface area contributed by atoms with Crippen LogP contribution in [0.15, 0.2) is 106 Å². The highest BCUT2D eigenvalue weighted by molar-refractivity contribution is 6.51. The van der Waals surface area contributed by atoms with Gasteiger partial charge in [0.1, 0.15) is 5.71 Å². The molecule has 0 amide bonds. The number of rotatable bonds is 6. The molecule has 1 heterocycles. The van der Waals surface area contributed by atoms with Crippen LogP contribution in [-0.4, -0.2) is 27.1 Å². The van der Waals surface area contributed by atoms with Crippen molar-refractivity contribution in [2.45, 2.75) is 6.92 Å². The maximum Gasteiger partial charge on any atom is 0.274 e. The molecule has 1 aromatic heterocycles. The predicted molar refractivity (Wildman–Crippen MR) is 127 cm³/mol. The van der Waals surface area contributed by atoms with Crippen molar-refractivity contribution in [3.8, 4) is 5.69 Å². The summed E-state index contributed by atoms with van der Waals surface area (Å²) in [7, 11) is 1.79. The first-order chi connectivity index (χ1) is 15.6. The maximum atomic E-state index is 13.1. The van der Waals surface area contributed by atoms with E-state index in [0.717, 1.165) is 5.69 Å². The molecular formula is C26H22N4O2. The third-order valence-electron chi connectivity index (χ3n) is 5.18. The second-order valence-corrected chi connectivity index (χ2v) is 7.24. The van der Waals surface area contributed by atoms with Crippen LogP contribution in [0.1, 0.15) is 27.2 Å². The average Bonchev–Trinajstić information content (AvgIpc) is 3.06. The van der Waals surface area contributed by atoms with Crippen molar-refractivity contribution < 1.29 is 4.79 Å². The number of Topliss-reactive ketones (excluding diaryl/α,β-unsaturated/α-hetero) is 1. The van der Waals surface area contributed by atoms with Gasteiger partial charge in [0.2, 0.25) is 5.78 Å². The van der Waals surface area contributed by atoms with Crippen LogP contribution >= 0.6 is 0 Å². The van der Waals surface area contributed by atoms with E-state index in [9.17, 15) is 9.59 Å². The lowest BCUT2D eigenvalue weighted by Gasteiger charge is -2.07. The second kappa shape index (κ2) is 9.22. The van der Waals surface area contributed by atoms with Gasteiger partial charge in [-0.2, -0.15) is 5.10 Å². The van der Waals surface area contributed by atoms with Crippen LogP contribution in [0.3, 0.4) is 0 Å². The molecule has 0 N–H and O–H groups in total. The van der Waals surface area contributed by atoms with Crippen molar-refractivity contribution in [3.63, 3.8) is 0 Å². The number of hydrogen-bond acceptors (Lipinski definition) is 4. The maximum absolute atomic E-state index is 13.1. The molecule has 0 saturated heterocycles. The Morgan fingerprint density at radius 1 is 0.812 bits per heavy atom. The predicted octanol–water partition coefficient (Wildman–Crippen LogP) is 4.19. The van der Waals surface area contributed by atoms with Crippen LogP contribution in [0.5, 0.6) is 0 Å². The fourth-order valence-corrected chi connectivity index (χ4v) is 3.49. The van der Waals surface area contributed by atoms with Crippen molar-refractivity contribution in [2.24, 2.45) is 17.3 Å². The molecule has 3 aromatic carbocycles. The molecule has 0 aliphatic carbocycles. The molecule has 6 heteroatoms. The van der Waals surface area contributed by atoms with Gasteiger partial charge in [0, 0.05) is 23.7 Å². The van der Waals surface area contributed by atoms with E-state index in [1.165, 1.54) is 6.21 Å². The number of nitrogens with zero attached hydrogens (tertiary/aromatic N) is 4. The Morgan fingerprint density at radius 2 is 1.34 bits per heavy atom. The van der Waals surface area contributed by atoms with Crippen LogP contribution in [0.4, 0.5) is 0 Å². The van der Waals surface area contributed by atoms with Crippen LogP contribution in [0.2, 0.25) is 0 Å². The van der Waals surface area contributed by atoms with E-state index in [0.29, 0.717) is 22.4 Å². The zero-order chi connectivity index (χ0) is 22.5. The topological polar surface area (TPSA) is 68.7 Å². The van der Waals surface area contributed by atoms with Gasteiger partial charge in [-0.25, -0.2) is 4.68 Å². The Kier molecular flexibility index (Phi) is 6.03. The Morgan fingerprint density at radius 3 is 1.94 bits per heavy atom. The molecule has 0 unspecified atom stereocenters. The average molecular weight is 422 g/mol. The molecule has 0 aliphatic heterocycles. The van der Waals surface area contributed by atoms with Gasteiger partial charge in [0.05, 0.1) is 17.6 Å². The number of aromatic nitrogens is 2. The fraction of sp³-hybridized carbons (Fsp3) is 0.0769. The van der Waals surface area contributed by atoms with Gasteiger partial charge in [-0.15, -0.1) is 5.10 Å². The number of carbonyl (C=O) groups is 1. The summed E-state index contributed by atoms with van der Waals surface area (Å²) >= 11 is 0. The summed E-state index contributed by atoms with van der Waals surface area (Å²) in [5, 5.41) is 8.48. The van der Waals surface area contributed by atoms with Crippen LogP contribution in [-0.2, 0) is 7.05 Å². The number of para-hydroxylation sites is 1. The molecule has 4 rings (SSSR count). The summed E-state index contributed by atoms with van der Waals surface area (Å²) in [5.41, 5.74) is 3.23. The summed E-state index contributed by atoms with van der Waals surface area (Å²) in [6.45, 7) is 1.75. The third kappa shape index (κ3) is 4.11. The van der Waals surface area contributed by atoms with Crippen LogP contribution in [0, 0.1) is 6.92 Å². The van der Waals surface area contributed by atoms with Crippen molar-refractivity contribution in [1.82, 2.24) is 9.36 Å². The second-order valence-electron chi connectivity index (χ2n) is 7.24. The summed E-state index contributed by atoms with van der Waals surface area (Å²) in [4.78, 5) is 25.9. The third-order valence-corrected chi connectivity index (χ3v) is 5.18. The summed E-state index contributed by atoms with van der Waals surface area (Å²) in [5.74, 6) is -0.221. The first kappa shape index (κ1) is 20.9. The van der Waals surface area contributed by atoms with Gasteiger partial charge in [0.15, 0.2) is 0 Å².